The van der Waals surface area contributed by atoms with Gasteiger partial charge in [-0.05, 0) is 49.9 Å². The first-order chi connectivity index (χ1) is 15.6. The summed E-state index contributed by atoms with van der Waals surface area (Å²) in [5.41, 5.74) is 4.90. The largest absolute Gasteiger partial charge is 0.494 e. The molecule has 2 aromatic carbocycles. The first kappa shape index (κ1) is 21.9. The highest BCUT2D eigenvalue weighted by Crippen LogP contribution is 2.42. The second-order valence-electron chi connectivity index (χ2n) is 8.14. The van der Waals surface area contributed by atoms with Gasteiger partial charge in [0.2, 0.25) is 0 Å². The van der Waals surface area contributed by atoms with Gasteiger partial charge in [0, 0.05) is 35.7 Å². The Kier molecular flexibility index (Phi) is 6.74. The zero-order chi connectivity index (χ0) is 22.5. The number of esters is 1. The van der Waals surface area contributed by atoms with E-state index in [9.17, 15) is 9.59 Å². The van der Waals surface area contributed by atoms with Gasteiger partial charge in [0.05, 0.1) is 18.8 Å². The Morgan fingerprint density at radius 3 is 2.53 bits per heavy atom. The molecule has 4 rings (SSSR count). The number of carbonyl (C=O) groups is 2. The molecule has 2 aromatic rings. The first-order valence-electron chi connectivity index (χ1n) is 11.3. The maximum Gasteiger partial charge on any atom is 0.336 e. The van der Waals surface area contributed by atoms with Crippen LogP contribution in [0.15, 0.2) is 77.1 Å². The Hall–Kier alpha value is -3.34. The smallest absolute Gasteiger partial charge is 0.336 e. The molecule has 0 aromatic heterocycles. The molecule has 5 heteroatoms. The van der Waals surface area contributed by atoms with Crippen LogP contribution in [0.2, 0.25) is 0 Å². The minimum atomic E-state index is -0.432. The van der Waals surface area contributed by atoms with Crippen LogP contribution in [0.3, 0.4) is 0 Å². The van der Waals surface area contributed by atoms with Gasteiger partial charge in [-0.1, -0.05) is 42.5 Å². The molecule has 2 aliphatic rings. The van der Waals surface area contributed by atoms with Crippen LogP contribution >= 0.6 is 0 Å². The van der Waals surface area contributed by atoms with Crippen molar-refractivity contribution in [3.05, 3.63) is 88.3 Å². The molecule has 0 bridgehead atoms. The number of carbonyl (C=O) groups excluding carboxylic acids is 2. The molecule has 0 radical (unpaired) electrons. The van der Waals surface area contributed by atoms with Crippen LogP contribution in [0.25, 0.3) is 0 Å². The van der Waals surface area contributed by atoms with E-state index in [1.165, 1.54) is 0 Å². The van der Waals surface area contributed by atoms with Crippen molar-refractivity contribution >= 4 is 11.8 Å². The van der Waals surface area contributed by atoms with Gasteiger partial charge in [-0.25, -0.2) is 4.79 Å². The molecule has 1 unspecified atom stereocenters. The van der Waals surface area contributed by atoms with Crippen LogP contribution in [-0.4, -0.2) is 25.0 Å². The van der Waals surface area contributed by atoms with E-state index in [-0.39, 0.29) is 18.4 Å². The van der Waals surface area contributed by atoms with Crippen molar-refractivity contribution in [1.82, 2.24) is 5.32 Å². The predicted octanol–water partition coefficient (Wildman–Crippen LogP) is 4.84. The quantitative estimate of drug-likeness (QED) is 0.636. The van der Waals surface area contributed by atoms with Gasteiger partial charge in [-0.3, -0.25) is 4.79 Å². The fraction of sp³-hybridized carbons (Fsp3) is 0.333. The number of benzene rings is 2. The van der Waals surface area contributed by atoms with E-state index in [1.54, 1.807) is 0 Å². The SMILES string of the molecule is CCOc1ccc(C2C(C(=O)OCCc3ccccc3)=C(C)NC3=C2C(=O)CCC3)cc1. The third-order valence-electron chi connectivity index (χ3n) is 5.99. The van der Waals surface area contributed by atoms with E-state index in [2.05, 4.69) is 5.32 Å². The van der Waals surface area contributed by atoms with Crippen molar-refractivity contribution in [2.75, 3.05) is 13.2 Å². The number of ketones is 1. The molecule has 1 heterocycles. The number of ether oxygens (including phenoxy) is 2. The minimum absolute atomic E-state index is 0.0970. The zero-order valence-corrected chi connectivity index (χ0v) is 18.6. The molecule has 1 N–H and O–H groups in total. The molecular formula is C27H29NO4. The normalized spacial score (nSPS) is 18.2. The maximum absolute atomic E-state index is 13.3. The molecule has 0 spiro atoms. The molecule has 0 saturated heterocycles. The van der Waals surface area contributed by atoms with Gasteiger partial charge in [-0.2, -0.15) is 0 Å². The van der Waals surface area contributed by atoms with Crippen molar-refractivity contribution in [2.24, 2.45) is 0 Å². The molecule has 1 atom stereocenters. The number of nitrogens with one attached hydrogen (secondary N) is 1. The van der Waals surface area contributed by atoms with E-state index in [1.807, 2.05) is 68.4 Å². The molecule has 5 nitrogen and oxygen atoms in total. The lowest BCUT2D eigenvalue weighted by Crippen LogP contribution is -2.34. The monoisotopic (exact) mass is 431 g/mol. The first-order valence-corrected chi connectivity index (χ1v) is 11.3. The number of dihydropyridines is 1. The van der Waals surface area contributed by atoms with Crippen molar-refractivity contribution in [3.63, 3.8) is 0 Å². The number of hydrogen-bond acceptors (Lipinski definition) is 5. The topological polar surface area (TPSA) is 64.6 Å². The number of Topliss-reactive ketones (excluding diaryl/α,β-unsaturated/α-hetero) is 1. The Morgan fingerprint density at radius 1 is 1.06 bits per heavy atom. The summed E-state index contributed by atoms with van der Waals surface area (Å²) >= 11 is 0. The molecule has 1 aliphatic carbocycles. The van der Waals surface area contributed by atoms with Crippen LogP contribution in [-0.2, 0) is 20.7 Å². The predicted molar refractivity (Wildman–Crippen MR) is 123 cm³/mol. The van der Waals surface area contributed by atoms with Gasteiger partial charge in [0.15, 0.2) is 5.78 Å². The lowest BCUT2D eigenvalue weighted by Gasteiger charge is -2.34. The summed E-state index contributed by atoms with van der Waals surface area (Å²) in [6.07, 6.45) is 2.78. The minimum Gasteiger partial charge on any atom is -0.494 e. The summed E-state index contributed by atoms with van der Waals surface area (Å²) in [4.78, 5) is 26.2. The number of allylic oxidation sites excluding steroid dienone is 3. The van der Waals surface area contributed by atoms with Crippen molar-refractivity contribution in [3.8, 4) is 5.75 Å². The Labute approximate surface area is 189 Å². The molecule has 32 heavy (non-hydrogen) atoms. The lowest BCUT2D eigenvalue weighted by atomic mass is 9.75. The van der Waals surface area contributed by atoms with E-state index in [0.717, 1.165) is 41.1 Å². The highest BCUT2D eigenvalue weighted by molar-refractivity contribution is 6.03. The highest BCUT2D eigenvalue weighted by atomic mass is 16.5. The average molecular weight is 432 g/mol. The van der Waals surface area contributed by atoms with Crippen LogP contribution in [0, 0.1) is 0 Å². The molecule has 0 amide bonds. The summed E-state index contributed by atoms with van der Waals surface area (Å²) in [7, 11) is 0. The number of hydrogen-bond donors (Lipinski definition) is 1. The third kappa shape index (κ3) is 4.62. The van der Waals surface area contributed by atoms with E-state index >= 15 is 0 Å². The summed E-state index contributed by atoms with van der Waals surface area (Å²) in [6.45, 7) is 4.69. The van der Waals surface area contributed by atoms with E-state index in [4.69, 9.17) is 9.47 Å². The van der Waals surface area contributed by atoms with Crippen LogP contribution in [0.1, 0.15) is 50.2 Å². The number of rotatable bonds is 7. The maximum atomic E-state index is 13.3. The van der Waals surface area contributed by atoms with Gasteiger partial charge in [0.1, 0.15) is 5.75 Å². The lowest BCUT2D eigenvalue weighted by molar-refractivity contribution is -0.139. The standard InChI is InChI=1S/C27H29NO4/c1-3-31-21-14-12-20(13-15-21)25-24(18(2)28-22-10-7-11-23(29)26(22)25)27(30)32-17-16-19-8-5-4-6-9-19/h4-6,8-9,12-15,25,28H,3,7,10-11,16-17H2,1-2H3. The van der Waals surface area contributed by atoms with Gasteiger partial charge < -0.3 is 14.8 Å². The fourth-order valence-corrected chi connectivity index (χ4v) is 4.49. The van der Waals surface area contributed by atoms with E-state index in [0.29, 0.717) is 30.6 Å². The van der Waals surface area contributed by atoms with Crippen LogP contribution < -0.4 is 10.1 Å². The summed E-state index contributed by atoms with van der Waals surface area (Å²) in [6, 6.07) is 17.6. The van der Waals surface area contributed by atoms with Crippen LogP contribution in [0.5, 0.6) is 5.75 Å². The van der Waals surface area contributed by atoms with Gasteiger partial charge >= 0.3 is 5.97 Å². The summed E-state index contributed by atoms with van der Waals surface area (Å²) < 4.78 is 11.3. The summed E-state index contributed by atoms with van der Waals surface area (Å²) in [5.74, 6) is 0.0514. The van der Waals surface area contributed by atoms with Gasteiger partial charge in [0.25, 0.3) is 0 Å². The van der Waals surface area contributed by atoms with Crippen LogP contribution in [0.4, 0.5) is 0 Å². The van der Waals surface area contributed by atoms with Crippen molar-refractivity contribution in [1.29, 1.82) is 0 Å². The third-order valence-corrected chi connectivity index (χ3v) is 5.99. The molecule has 166 valence electrons. The molecular weight excluding hydrogens is 402 g/mol. The fourth-order valence-electron chi connectivity index (χ4n) is 4.49. The molecule has 0 fully saturated rings. The molecule has 0 saturated carbocycles. The zero-order valence-electron chi connectivity index (χ0n) is 18.6. The van der Waals surface area contributed by atoms with Crippen molar-refractivity contribution < 1.29 is 19.1 Å². The second-order valence-corrected chi connectivity index (χ2v) is 8.14. The average Bonchev–Trinajstić information content (AvgIpc) is 2.80. The van der Waals surface area contributed by atoms with Crippen molar-refractivity contribution in [2.45, 2.75) is 45.4 Å². The van der Waals surface area contributed by atoms with Gasteiger partial charge in [-0.15, -0.1) is 0 Å². The molecule has 1 aliphatic heterocycles. The Morgan fingerprint density at radius 2 is 1.81 bits per heavy atom. The van der Waals surface area contributed by atoms with E-state index < -0.39 is 5.92 Å². The highest BCUT2D eigenvalue weighted by Gasteiger charge is 2.39. The second kappa shape index (κ2) is 9.86. The summed E-state index contributed by atoms with van der Waals surface area (Å²) in [5, 5.41) is 3.33. The Bertz CT molecular complexity index is 1050. The Balaban J connectivity index is 1.62.